The van der Waals surface area contributed by atoms with E-state index in [2.05, 4.69) is 22.8 Å². The number of carbonyl (C=O) groups excluding carboxylic acids is 1. The second-order valence-electron chi connectivity index (χ2n) is 7.98. The summed E-state index contributed by atoms with van der Waals surface area (Å²) in [6.45, 7) is 0.701. The fourth-order valence-corrected chi connectivity index (χ4v) is 4.02. The monoisotopic (exact) mass is 464 g/mol. The van der Waals surface area contributed by atoms with Gasteiger partial charge in [0.05, 0.1) is 30.8 Å². The summed E-state index contributed by atoms with van der Waals surface area (Å²) in [5.74, 6) is 1.84. The molecule has 0 spiro atoms. The number of fused-ring (bicyclic) bond motifs is 1. The quantitative estimate of drug-likeness (QED) is 0.219. The fraction of sp³-hybridized carbons (Fsp3) is 0.103. The van der Waals surface area contributed by atoms with E-state index in [1.54, 1.807) is 37.4 Å². The van der Waals surface area contributed by atoms with Crippen molar-refractivity contribution in [3.8, 4) is 28.6 Å². The summed E-state index contributed by atoms with van der Waals surface area (Å²) in [6.07, 6.45) is 0. The van der Waals surface area contributed by atoms with E-state index in [0.29, 0.717) is 29.4 Å². The average Bonchev–Trinajstić information content (AvgIpc) is 3.27. The first-order valence-corrected chi connectivity index (χ1v) is 11.2. The molecule has 0 N–H and O–H groups in total. The third-order valence-electron chi connectivity index (χ3n) is 5.78. The Morgan fingerprint density at radius 3 is 2.26 bits per heavy atom. The molecule has 0 saturated heterocycles. The van der Waals surface area contributed by atoms with Gasteiger partial charge >= 0.3 is 5.97 Å². The van der Waals surface area contributed by atoms with Crippen LogP contribution >= 0.6 is 0 Å². The second-order valence-corrected chi connectivity index (χ2v) is 7.98. The van der Waals surface area contributed by atoms with Crippen molar-refractivity contribution in [1.82, 2.24) is 9.55 Å². The topological polar surface area (TPSA) is 62.6 Å². The number of para-hydroxylation sites is 2. The van der Waals surface area contributed by atoms with Crippen LogP contribution < -0.4 is 14.2 Å². The molecule has 174 valence electrons. The molecule has 6 nitrogen and oxygen atoms in total. The lowest BCUT2D eigenvalue weighted by atomic mass is 10.1. The Kier molecular flexibility index (Phi) is 6.18. The lowest BCUT2D eigenvalue weighted by Crippen LogP contribution is -2.09. The Morgan fingerprint density at radius 1 is 0.800 bits per heavy atom. The van der Waals surface area contributed by atoms with Gasteiger partial charge in [0.25, 0.3) is 0 Å². The van der Waals surface area contributed by atoms with Crippen molar-refractivity contribution in [1.29, 1.82) is 0 Å². The number of methoxy groups -OCH3 is 2. The summed E-state index contributed by atoms with van der Waals surface area (Å²) < 4.78 is 18.3. The van der Waals surface area contributed by atoms with E-state index in [9.17, 15) is 4.79 Å². The third kappa shape index (κ3) is 4.59. The van der Waals surface area contributed by atoms with Crippen LogP contribution in [0.5, 0.6) is 17.2 Å². The van der Waals surface area contributed by atoms with Gasteiger partial charge in [-0.2, -0.15) is 0 Å². The normalized spacial score (nSPS) is 10.8. The summed E-state index contributed by atoms with van der Waals surface area (Å²) in [5, 5.41) is 0. The molecule has 0 radical (unpaired) electrons. The SMILES string of the molecule is COc1ccc(C(=O)Oc2ccc(-c3nc4ccccc4n3Cc3ccccc3)cc2)cc1OC. The number of ether oxygens (including phenoxy) is 3. The predicted octanol–water partition coefficient (Wildman–Crippen LogP) is 5.99. The van der Waals surface area contributed by atoms with Gasteiger partial charge in [-0.25, -0.2) is 9.78 Å². The van der Waals surface area contributed by atoms with E-state index in [1.807, 2.05) is 48.5 Å². The van der Waals surface area contributed by atoms with Crippen molar-refractivity contribution in [3.63, 3.8) is 0 Å². The van der Waals surface area contributed by atoms with Crippen LogP contribution in [0.4, 0.5) is 0 Å². The molecule has 1 heterocycles. The maximum absolute atomic E-state index is 12.7. The molecule has 5 aromatic rings. The third-order valence-corrected chi connectivity index (χ3v) is 5.78. The zero-order valence-electron chi connectivity index (χ0n) is 19.5. The number of rotatable bonds is 7. The van der Waals surface area contributed by atoms with Gasteiger partial charge in [-0.1, -0.05) is 42.5 Å². The van der Waals surface area contributed by atoms with Gasteiger partial charge in [-0.05, 0) is 60.2 Å². The van der Waals surface area contributed by atoms with Crippen LogP contribution in [-0.2, 0) is 6.54 Å². The molecular weight excluding hydrogens is 440 g/mol. The van der Waals surface area contributed by atoms with Crippen molar-refractivity contribution in [3.05, 3.63) is 108 Å². The van der Waals surface area contributed by atoms with Crippen molar-refractivity contribution < 1.29 is 19.0 Å². The van der Waals surface area contributed by atoms with Gasteiger partial charge in [0.1, 0.15) is 11.6 Å². The summed E-state index contributed by atoms with van der Waals surface area (Å²) in [7, 11) is 3.07. The van der Waals surface area contributed by atoms with Gasteiger partial charge in [0, 0.05) is 12.1 Å². The van der Waals surface area contributed by atoms with Crippen LogP contribution in [0, 0.1) is 0 Å². The van der Waals surface area contributed by atoms with Gasteiger partial charge in [0.15, 0.2) is 11.5 Å². The Balaban J connectivity index is 1.41. The highest BCUT2D eigenvalue weighted by molar-refractivity contribution is 5.92. The van der Waals surface area contributed by atoms with Crippen molar-refractivity contribution in [2.24, 2.45) is 0 Å². The fourth-order valence-electron chi connectivity index (χ4n) is 4.02. The van der Waals surface area contributed by atoms with Crippen molar-refractivity contribution in [2.45, 2.75) is 6.54 Å². The van der Waals surface area contributed by atoms with Crippen molar-refractivity contribution in [2.75, 3.05) is 14.2 Å². The minimum atomic E-state index is -0.477. The number of nitrogens with zero attached hydrogens (tertiary/aromatic N) is 2. The van der Waals surface area contributed by atoms with Crippen LogP contribution in [0.3, 0.4) is 0 Å². The molecule has 0 aliphatic carbocycles. The smallest absolute Gasteiger partial charge is 0.343 e. The molecule has 1 aromatic heterocycles. The number of hydrogen-bond donors (Lipinski definition) is 0. The van der Waals surface area contributed by atoms with Crippen LogP contribution in [-0.4, -0.2) is 29.7 Å². The molecule has 0 atom stereocenters. The maximum Gasteiger partial charge on any atom is 0.343 e. The molecule has 6 heteroatoms. The lowest BCUT2D eigenvalue weighted by Gasteiger charge is -2.11. The highest BCUT2D eigenvalue weighted by Crippen LogP contribution is 2.30. The first kappa shape index (κ1) is 22.2. The Labute approximate surface area is 203 Å². The first-order chi connectivity index (χ1) is 17.2. The average molecular weight is 465 g/mol. The predicted molar refractivity (Wildman–Crippen MR) is 135 cm³/mol. The molecule has 0 fully saturated rings. The molecular formula is C29H24N2O4. The van der Waals surface area contributed by atoms with Crippen LogP contribution in [0.2, 0.25) is 0 Å². The standard InChI is InChI=1S/C29H24N2O4/c1-33-26-17-14-22(18-27(26)34-2)29(32)35-23-15-12-21(13-16-23)28-30-24-10-6-7-11-25(24)31(28)19-20-8-4-3-5-9-20/h3-18H,19H2,1-2H3. The van der Waals surface area contributed by atoms with Gasteiger partial charge in [-0.3, -0.25) is 0 Å². The first-order valence-electron chi connectivity index (χ1n) is 11.2. The Bertz CT molecular complexity index is 1470. The summed E-state index contributed by atoms with van der Waals surface area (Å²) >= 11 is 0. The number of imidazole rings is 1. The molecule has 0 aliphatic rings. The summed E-state index contributed by atoms with van der Waals surface area (Å²) in [5.41, 5.74) is 4.49. The maximum atomic E-state index is 12.7. The molecule has 4 aromatic carbocycles. The van der Waals surface area contributed by atoms with Gasteiger partial charge in [-0.15, -0.1) is 0 Å². The van der Waals surface area contributed by atoms with Crippen LogP contribution in [0.15, 0.2) is 97.1 Å². The Hall–Kier alpha value is -4.58. The molecule has 35 heavy (non-hydrogen) atoms. The van der Waals surface area contributed by atoms with E-state index in [4.69, 9.17) is 19.2 Å². The molecule has 0 bridgehead atoms. The zero-order valence-corrected chi connectivity index (χ0v) is 19.5. The molecule has 0 unspecified atom stereocenters. The number of aromatic nitrogens is 2. The zero-order chi connectivity index (χ0) is 24.2. The molecule has 0 aliphatic heterocycles. The van der Waals surface area contributed by atoms with E-state index in [-0.39, 0.29) is 0 Å². The van der Waals surface area contributed by atoms with E-state index >= 15 is 0 Å². The second kappa shape index (κ2) is 9.73. The lowest BCUT2D eigenvalue weighted by molar-refractivity contribution is 0.0734. The Morgan fingerprint density at radius 2 is 1.51 bits per heavy atom. The van der Waals surface area contributed by atoms with Crippen LogP contribution in [0.25, 0.3) is 22.4 Å². The summed E-state index contributed by atoms with van der Waals surface area (Å²) in [4.78, 5) is 17.6. The van der Waals surface area contributed by atoms with Crippen molar-refractivity contribution >= 4 is 17.0 Å². The highest BCUT2D eigenvalue weighted by Gasteiger charge is 2.15. The van der Waals surface area contributed by atoms with E-state index < -0.39 is 5.97 Å². The molecule has 0 amide bonds. The molecule has 0 saturated carbocycles. The number of esters is 1. The van der Waals surface area contributed by atoms with E-state index in [1.165, 1.54) is 12.7 Å². The van der Waals surface area contributed by atoms with Crippen LogP contribution in [0.1, 0.15) is 15.9 Å². The highest BCUT2D eigenvalue weighted by atomic mass is 16.5. The number of hydrogen-bond acceptors (Lipinski definition) is 5. The minimum Gasteiger partial charge on any atom is -0.493 e. The van der Waals surface area contributed by atoms with Gasteiger partial charge < -0.3 is 18.8 Å². The van der Waals surface area contributed by atoms with Gasteiger partial charge in [0.2, 0.25) is 0 Å². The number of carbonyl (C=O) groups is 1. The van der Waals surface area contributed by atoms with E-state index in [0.717, 1.165) is 22.4 Å². The summed E-state index contributed by atoms with van der Waals surface area (Å²) in [6, 6.07) is 30.7. The largest absolute Gasteiger partial charge is 0.493 e. The number of benzene rings is 4. The molecule has 5 rings (SSSR count). The minimum absolute atomic E-state index is 0.372.